The highest BCUT2D eigenvalue weighted by Crippen LogP contribution is 2.40. The molecule has 1 heterocycles. The number of nitrogens with one attached hydrogen (secondary N) is 1. The van der Waals surface area contributed by atoms with Crippen LogP contribution < -0.4 is 5.32 Å². The van der Waals surface area contributed by atoms with E-state index < -0.39 is 11.9 Å². The van der Waals surface area contributed by atoms with Crippen LogP contribution in [-0.4, -0.2) is 22.7 Å². The molecule has 2 unspecified atom stereocenters. The van der Waals surface area contributed by atoms with Gasteiger partial charge in [-0.1, -0.05) is 13.0 Å². The van der Waals surface area contributed by atoms with Crippen LogP contribution in [0.3, 0.4) is 0 Å². The summed E-state index contributed by atoms with van der Waals surface area (Å²) in [5, 5.41) is 21.8. The van der Waals surface area contributed by atoms with Gasteiger partial charge in [-0.2, -0.15) is 0 Å². The highest BCUT2D eigenvalue weighted by atomic mass is 16.4. The third-order valence-electron chi connectivity index (χ3n) is 3.09. The fourth-order valence-electron chi connectivity index (χ4n) is 2.20. The molecule has 0 radical (unpaired) electrons. The van der Waals surface area contributed by atoms with E-state index in [1.807, 2.05) is 6.07 Å². The number of carboxylic acids is 1. The van der Waals surface area contributed by atoms with Gasteiger partial charge in [0.2, 0.25) is 0 Å². The van der Waals surface area contributed by atoms with E-state index in [2.05, 4.69) is 5.32 Å². The molecule has 1 aliphatic heterocycles. The zero-order valence-corrected chi connectivity index (χ0v) is 9.10. The Morgan fingerprint density at radius 1 is 1.62 bits per heavy atom. The summed E-state index contributed by atoms with van der Waals surface area (Å²) in [7, 11) is 0. The molecule has 0 amide bonds. The first-order valence-electron chi connectivity index (χ1n) is 5.38. The molecule has 0 bridgehead atoms. The van der Waals surface area contributed by atoms with E-state index in [4.69, 9.17) is 5.11 Å². The Labute approximate surface area is 93.9 Å². The molecule has 0 aliphatic carbocycles. The van der Waals surface area contributed by atoms with Crippen LogP contribution >= 0.6 is 0 Å². The summed E-state index contributed by atoms with van der Waals surface area (Å²) in [6.45, 7) is 2.39. The summed E-state index contributed by atoms with van der Waals surface area (Å²) in [6, 6.07) is 5.33. The molecule has 0 saturated heterocycles. The molecule has 2 atom stereocenters. The fraction of sp³-hybridized carbons (Fsp3) is 0.417. The number of phenols is 1. The van der Waals surface area contributed by atoms with Gasteiger partial charge >= 0.3 is 5.97 Å². The van der Waals surface area contributed by atoms with E-state index in [1.165, 1.54) is 0 Å². The van der Waals surface area contributed by atoms with Crippen molar-refractivity contribution in [3.63, 3.8) is 0 Å². The zero-order valence-electron chi connectivity index (χ0n) is 9.10. The molecule has 0 spiro atoms. The molecule has 1 aromatic carbocycles. The van der Waals surface area contributed by atoms with Crippen molar-refractivity contribution in [2.45, 2.75) is 19.3 Å². The molecule has 4 heteroatoms. The van der Waals surface area contributed by atoms with Gasteiger partial charge in [0, 0.05) is 23.7 Å². The maximum absolute atomic E-state index is 10.8. The number of hydrogen-bond donors (Lipinski definition) is 3. The second-order valence-corrected chi connectivity index (χ2v) is 4.29. The molecular formula is C12H15NO3. The van der Waals surface area contributed by atoms with Crippen molar-refractivity contribution < 1.29 is 15.0 Å². The second kappa shape index (κ2) is 4.04. The minimum Gasteiger partial charge on any atom is -0.508 e. The van der Waals surface area contributed by atoms with Gasteiger partial charge < -0.3 is 15.5 Å². The van der Waals surface area contributed by atoms with Crippen LogP contribution in [0.25, 0.3) is 0 Å². The first-order chi connectivity index (χ1) is 7.59. The number of aromatic hydroxyl groups is 1. The molecule has 3 N–H and O–H groups in total. The minimum atomic E-state index is -0.788. The van der Waals surface area contributed by atoms with Gasteiger partial charge in [0.05, 0.1) is 5.92 Å². The Morgan fingerprint density at radius 3 is 3.06 bits per heavy atom. The van der Waals surface area contributed by atoms with E-state index >= 15 is 0 Å². The van der Waals surface area contributed by atoms with E-state index in [1.54, 1.807) is 19.1 Å². The average Bonchev–Trinajstić information content (AvgIpc) is 2.63. The molecule has 1 aliphatic rings. The highest BCUT2D eigenvalue weighted by Gasteiger charge is 2.28. The number of anilines is 1. The average molecular weight is 221 g/mol. The number of fused-ring (bicyclic) bond motifs is 1. The van der Waals surface area contributed by atoms with Crippen molar-refractivity contribution in [2.24, 2.45) is 5.92 Å². The third-order valence-corrected chi connectivity index (χ3v) is 3.09. The highest BCUT2D eigenvalue weighted by molar-refractivity contribution is 5.70. The molecular weight excluding hydrogens is 206 g/mol. The SMILES string of the molecule is CC(CC1CNc2cccc(O)c21)C(=O)O. The van der Waals surface area contributed by atoms with Crippen molar-refractivity contribution >= 4 is 11.7 Å². The first kappa shape index (κ1) is 10.8. The Hall–Kier alpha value is -1.71. The van der Waals surface area contributed by atoms with Crippen LogP contribution in [-0.2, 0) is 4.79 Å². The van der Waals surface area contributed by atoms with Gasteiger partial charge in [0.1, 0.15) is 5.75 Å². The van der Waals surface area contributed by atoms with Crippen LogP contribution in [0, 0.1) is 5.92 Å². The second-order valence-electron chi connectivity index (χ2n) is 4.29. The van der Waals surface area contributed by atoms with Crippen LogP contribution in [0.15, 0.2) is 18.2 Å². The van der Waals surface area contributed by atoms with Crippen molar-refractivity contribution in [2.75, 3.05) is 11.9 Å². The van der Waals surface area contributed by atoms with Crippen molar-refractivity contribution in [3.05, 3.63) is 23.8 Å². The number of benzene rings is 1. The van der Waals surface area contributed by atoms with Gasteiger partial charge in [-0.05, 0) is 18.6 Å². The lowest BCUT2D eigenvalue weighted by molar-refractivity contribution is -0.141. The number of rotatable bonds is 3. The summed E-state index contributed by atoms with van der Waals surface area (Å²) in [4.78, 5) is 10.8. The summed E-state index contributed by atoms with van der Waals surface area (Å²) in [6.07, 6.45) is 0.549. The third kappa shape index (κ3) is 1.83. The number of hydrogen-bond acceptors (Lipinski definition) is 3. The molecule has 16 heavy (non-hydrogen) atoms. The Balaban J connectivity index is 2.20. The van der Waals surface area contributed by atoms with Gasteiger partial charge in [0.15, 0.2) is 0 Å². The Kier molecular flexibility index (Phi) is 2.73. The van der Waals surface area contributed by atoms with Crippen LogP contribution in [0.5, 0.6) is 5.75 Å². The Bertz CT molecular complexity index is 417. The number of aliphatic carboxylic acids is 1. The monoisotopic (exact) mass is 221 g/mol. The molecule has 86 valence electrons. The van der Waals surface area contributed by atoms with Gasteiger partial charge in [-0.25, -0.2) is 0 Å². The molecule has 2 rings (SSSR count). The van der Waals surface area contributed by atoms with Gasteiger partial charge in [-0.3, -0.25) is 4.79 Å². The predicted octanol–water partition coefficient (Wildman–Crippen LogP) is 2.01. The smallest absolute Gasteiger partial charge is 0.306 e. The summed E-state index contributed by atoms with van der Waals surface area (Å²) < 4.78 is 0. The van der Waals surface area contributed by atoms with Crippen LogP contribution in [0.4, 0.5) is 5.69 Å². The number of carbonyl (C=O) groups is 1. The normalized spacial score (nSPS) is 19.9. The van der Waals surface area contributed by atoms with Gasteiger partial charge in [-0.15, -0.1) is 0 Å². The zero-order chi connectivity index (χ0) is 11.7. The van der Waals surface area contributed by atoms with Crippen LogP contribution in [0.2, 0.25) is 0 Å². The van der Waals surface area contributed by atoms with Crippen molar-refractivity contribution in [3.8, 4) is 5.75 Å². The topological polar surface area (TPSA) is 69.6 Å². The fourth-order valence-corrected chi connectivity index (χ4v) is 2.20. The largest absolute Gasteiger partial charge is 0.508 e. The van der Waals surface area contributed by atoms with E-state index in [0.29, 0.717) is 13.0 Å². The minimum absolute atomic E-state index is 0.0855. The molecule has 4 nitrogen and oxygen atoms in total. The predicted molar refractivity (Wildman–Crippen MR) is 60.8 cm³/mol. The summed E-state index contributed by atoms with van der Waals surface area (Å²) >= 11 is 0. The standard InChI is InChI=1S/C12H15NO3/c1-7(12(15)16)5-8-6-13-9-3-2-4-10(14)11(8)9/h2-4,7-8,13-14H,5-6H2,1H3,(H,15,16). The quantitative estimate of drug-likeness (QED) is 0.730. The first-order valence-corrected chi connectivity index (χ1v) is 5.38. The Morgan fingerprint density at radius 2 is 2.38 bits per heavy atom. The lowest BCUT2D eigenvalue weighted by Gasteiger charge is -2.14. The lowest BCUT2D eigenvalue weighted by atomic mass is 9.90. The maximum Gasteiger partial charge on any atom is 0.306 e. The lowest BCUT2D eigenvalue weighted by Crippen LogP contribution is -2.14. The van der Waals surface area contributed by atoms with Crippen molar-refractivity contribution in [1.29, 1.82) is 0 Å². The number of phenolic OH excluding ortho intramolecular Hbond substituents is 1. The molecule has 0 aromatic heterocycles. The molecule has 0 saturated carbocycles. The molecule has 0 fully saturated rings. The van der Waals surface area contributed by atoms with Gasteiger partial charge in [0.25, 0.3) is 0 Å². The van der Waals surface area contributed by atoms with E-state index in [0.717, 1.165) is 11.3 Å². The van der Waals surface area contributed by atoms with Crippen LogP contribution in [0.1, 0.15) is 24.8 Å². The summed E-state index contributed by atoms with van der Waals surface area (Å²) in [5.74, 6) is -0.839. The van der Waals surface area contributed by atoms with E-state index in [-0.39, 0.29) is 11.7 Å². The maximum atomic E-state index is 10.8. The number of carboxylic acid groups (broad SMARTS) is 1. The van der Waals surface area contributed by atoms with E-state index in [9.17, 15) is 9.90 Å². The summed E-state index contributed by atoms with van der Waals surface area (Å²) in [5.41, 5.74) is 1.78. The molecule has 1 aromatic rings. The van der Waals surface area contributed by atoms with Crippen molar-refractivity contribution in [1.82, 2.24) is 0 Å².